The van der Waals surface area contributed by atoms with E-state index in [-0.39, 0.29) is 12.0 Å². The second-order valence-electron chi connectivity index (χ2n) is 6.08. The van der Waals surface area contributed by atoms with Gasteiger partial charge in [0.1, 0.15) is 6.10 Å². The van der Waals surface area contributed by atoms with E-state index >= 15 is 0 Å². The summed E-state index contributed by atoms with van der Waals surface area (Å²) in [4.78, 5) is 16.7. The van der Waals surface area contributed by atoms with Gasteiger partial charge in [0.2, 0.25) is 5.91 Å². The summed E-state index contributed by atoms with van der Waals surface area (Å²) in [6, 6.07) is 8.08. The molecule has 0 unspecified atom stereocenters. The van der Waals surface area contributed by atoms with Crippen molar-refractivity contribution in [3.05, 3.63) is 29.3 Å². The first kappa shape index (κ1) is 17.3. The number of thiazole rings is 1. The van der Waals surface area contributed by atoms with E-state index in [4.69, 9.17) is 9.47 Å². The number of hydrogen-bond donors (Lipinski definition) is 1. The topological polar surface area (TPSA) is 60.5 Å². The Morgan fingerprint density at radius 3 is 3.12 bits per heavy atom. The lowest BCUT2D eigenvalue weighted by Crippen LogP contribution is -2.37. The van der Waals surface area contributed by atoms with Crippen LogP contribution in [0.25, 0.3) is 10.2 Å². The van der Waals surface area contributed by atoms with Crippen LogP contribution in [0, 0.1) is 0 Å². The fourth-order valence-electron chi connectivity index (χ4n) is 2.73. The van der Waals surface area contributed by atoms with Crippen molar-refractivity contribution < 1.29 is 14.3 Å². The predicted molar refractivity (Wildman–Crippen MR) is 95.3 cm³/mol. The number of aromatic nitrogens is 1. The Kier molecular flexibility index (Phi) is 6.18. The van der Waals surface area contributed by atoms with E-state index < -0.39 is 6.10 Å². The molecule has 2 atom stereocenters. The van der Waals surface area contributed by atoms with Crippen molar-refractivity contribution in [3.63, 3.8) is 0 Å². The Balaban J connectivity index is 1.38. The maximum atomic E-state index is 12.1. The van der Waals surface area contributed by atoms with Crippen molar-refractivity contribution >= 4 is 27.5 Å². The zero-order valence-corrected chi connectivity index (χ0v) is 14.8. The van der Waals surface area contributed by atoms with Gasteiger partial charge in [-0.15, -0.1) is 11.3 Å². The molecule has 0 saturated carbocycles. The van der Waals surface area contributed by atoms with Crippen LogP contribution < -0.4 is 5.32 Å². The molecule has 130 valence electrons. The third kappa shape index (κ3) is 4.75. The van der Waals surface area contributed by atoms with Crippen LogP contribution >= 0.6 is 11.3 Å². The lowest BCUT2D eigenvalue weighted by molar-refractivity contribution is -0.135. The van der Waals surface area contributed by atoms with Gasteiger partial charge in [-0.05, 0) is 38.3 Å². The minimum Gasteiger partial charge on any atom is -0.376 e. The van der Waals surface area contributed by atoms with E-state index in [2.05, 4.69) is 16.4 Å². The summed E-state index contributed by atoms with van der Waals surface area (Å²) in [6.45, 7) is 3.66. The number of benzene rings is 1. The zero-order chi connectivity index (χ0) is 16.8. The molecule has 1 fully saturated rings. The van der Waals surface area contributed by atoms with Gasteiger partial charge in [-0.25, -0.2) is 4.98 Å². The monoisotopic (exact) mass is 348 g/mol. The maximum Gasteiger partial charge on any atom is 0.248 e. The maximum absolute atomic E-state index is 12.1. The number of ether oxygens (including phenoxy) is 2. The van der Waals surface area contributed by atoms with Crippen molar-refractivity contribution in [2.75, 3.05) is 19.8 Å². The molecule has 2 aromatic rings. The van der Waals surface area contributed by atoms with E-state index in [0.717, 1.165) is 36.4 Å². The highest BCUT2D eigenvalue weighted by Gasteiger charge is 2.18. The SMILES string of the molecule is C[C@@H](OC[C@H]1CCCCO1)C(=O)NCCc1nc2ccccc2s1. The molecule has 0 aliphatic carbocycles. The summed E-state index contributed by atoms with van der Waals surface area (Å²) in [7, 11) is 0. The summed E-state index contributed by atoms with van der Waals surface area (Å²) in [6.07, 6.45) is 3.74. The molecule has 0 bridgehead atoms. The molecule has 5 nitrogen and oxygen atoms in total. The van der Waals surface area contributed by atoms with E-state index in [0.29, 0.717) is 13.2 Å². The Hall–Kier alpha value is -1.50. The predicted octanol–water partition coefficient (Wildman–Crippen LogP) is 2.93. The number of fused-ring (bicyclic) bond motifs is 1. The zero-order valence-electron chi connectivity index (χ0n) is 14.0. The van der Waals surface area contributed by atoms with Gasteiger partial charge >= 0.3 is 0 Å². The highest BCUT2D eigenvalue weighted by Crippen LogP contribution is 2.21. The van der Waals surface area contributed by atoms with Gasteiger partial charge in [0.05, 0.1) is 27.9 Å². The molecule has 0 spiro atoms. The molecular weight excluding hydrogens is 324 g/mol. The molecule has 1 aromatic carbocycles. The van der Waals surface area contributed by atoms with Crippen LogP contribution in [0.5, 0.6) is 0 Å². The molecule has 24 heavy (non-hydrogen) atoms. The van der Waals surface area contributed by atoms with Crippen molar-refractivity contribution in [2.24, 2.45) is 0 Å². The van der Waals surface area contributed by atoms with Crippen LogP contribution in [0.15, 0.2) is 24.3 Å². The molecule has 3 rings (SSSR count). The Morgan fingerprint density at radius 2 is 2.33 bits per heavy atom. The molecule has 1 amide bonds. The van der Waals surface area contributed by atoms with Gasteiger partial charge in [-0.3, -0.25) is 4.79 Å². The van der Waals surface area contributed by atoms with Crippen molar-refractivity contribution in [2.45, 2.75) is 44.8 Å². The number of carbonyl (C=O) groups is 1. The van der Waals surface area contributed by atoms with Crippen molar-refractivity contribution in [3.8, 4) is 0 Å². The van der Waals surface area contributed by atoms with E-state index in [1.807, 2.05) is 18.2 Å². The first-order chi connectivity index (χ1) is 11.7. The van der Waals surface area contributed by atoms with E-state index in [1.165, 1.54) is 11.1 Å². The quantitative estimate of drug-likeness (QED) is 0.836. The lowest BCUT2D eigenvalue weighted by Gasteiger charge is -2.23. The minimum atomic E-state index is -0.453. The molecular formula is C18H24N2O3S. The molecule has 1 aromatic heterocycles. The normalized spacial score (nSPS) is 19.3. The van der Waals surface area contributed by atoms with Crippen LogP contribution in [0.1, 0.15) is 31.2 Å². The smallest absolute Gasteiger partial charge is 0.248 e. The van der Waals surface area contributed by atoms with Crippen molar-refractivity contribution in [1.29, 1.82) is 0 Å². The van der Waals surface area contributed by atoms with Crippen LogP contribution in [0.4, 0.5) is 0 Å². The molecule has 6 heteroatoms. The van der Waals surface area contributed by atoms with E-state index in [9.17, 15) is 4.79 Å². The Bertz CT molecular complexity index is 634. The van der Waals surface area contributed by atoms with Crippen LogP contribution in [0.3, 0.4) is 0 Å². The second kappa shape index (κ2) is 8.55. The summed E-state index contributed by atoms with van der Waals surface area (Å²) >= 11 is 1.68. The standard InChI is InChI=1S/C18H24N2O3S/c1-13(23-12-14-6-4-5-11-22-14)18(21)19-10-9-17-20-15-7-2-3-8-16(15)24-17/h2-3,7-8,13-14H,4-6,9-12H2,1H3,(H,19,21)/t13-,14-/m1/s1. The minimum absolute atomic E-state index is 0.0769. The number of hydrogen-bond acceptors (Lipinski definition) is 5. The van der Waals surface area contributed by atoms with Crippen LogP contribution in [-0.2, 0) is 20.7 Å². The fraction of sp³-hybridized carbons (Fsp3) is 0.556. The highest BCUT2D eigenvalue weighted by atomic mass is 32.1. The van der Waals surface area contributed by atoms with E-state index in [1.54, 1.807) is 18.3 Å². The third-order valence-electron chi connectivity index (χ3n) is 4.15. The van der Waals surface area contributed by atoms with Gasteiger partial charge < -0.3 is 14.8 Å². The van der Waals surface area contributed by atoms with Gasteiger partial charge in [0, 0.05) is 19.6 Å². The average molecular weight is 348 g/mol. The van der Waals surface area contributed by atoms with Gasteiger partial charge in [-0.2, -0.15) is 0 Å². The first-order valence-electron chi connectivity index (χ1n) is 8.58. The Morgan fingerprint density at radius 1 is 1.46 bits per heavy atom. The molecule has 1 aliphatic heterocycles. The summed E-state index contributed by atoms with van der Waals surface area (Å²) in [5.41, 5.74) is 1.02. The summed E-state index contributed by atoms with van der Waals surface area (Å²) < 4.78 is 12.4. The fourth-order valence-corrected chi connectivity index (χ4v) is 3.70. The molecule has 2 heterocycles. The lowest BCUT2D eigenvalue weighted by atomic mass is 10.1. The Labute approximate surface area is 146 Å². The number of rotatable bonds is 7. The number of nitrogens with zero attached hydrogens (tertiary/aromatic N) is 1. The number of nitrogens with one attached hydrogen (secondary N) is 1. The van der Waals surface area contributed by atoms with Gasteiger partial charge in [0.15, 0.2) is 0 Å². The highest BCUT2D eigenvalue weighted by molar-refractivity contribution is 7.18. The summed E-state index contributed by atoms with van der Waals surface area (Å²) in [5.74, 6) is -0.0769. The van der Waals surface area contributed by atoms with Gasteiger partial charge in [0.25, 0.3) is 0 Å². The first-order valence-corrected chi connectivity index (χ1v) is 9.39. The third-order valence-corrected chi connectivity index (χ3v) is 5.25. The number of para-hydroxylation sites is 1. The van der Waals surface area contributed by atoms with Crippen LogP contribution in [-0.4, -0.2) is 42.9 Å². The second-order valence-corrected chi connectivity index (χ2v) is 7.20. The van der Waals surface area contributed by atoms with Crippen molar-refractivity contribution in [1.82, 2.24) is 10.3 Å². The molecule has 1 N–H and O–H groups in total. The molecule has 1 aliphatic rings. The average Bonchev–Trinajstić information content (AvgIpc) is 3.03. The molecule has 0 radical (unpaired) electrons. The summed E-state index contributed by atoms with van der Waals surface area (Å²) in [5, 5.41) is 3.97. The van der Waals surface area contributed by atoms with Gasteiger partial charge in [-0.1, -0.05) is 12.1 Å². The number of amides is 1. The molecule has 1 saturated heterocycles. The number of carbonyl (C=O) groups excluding carboxylic acids is 1. The van der Waals surface area contributed by atoms with Crippen LogP contribution in [0.2, 0.25) is 0 Å². The largest absolute Gasteiger partial charge is 0.376 e.